The first-order chi connectivity index (χ1) is 16.1. The molecular weight excluding hydrogens is 422 g/mol. The van der Waals surface area contributed by atoms with Crippen molar-refractivity contribution in [3.05, 3.63) is 72.3 Å². The van der Waals surface area contributed by atoms with Gasteiger partial charge in [0.2, 0.25) is 11.7 Å². The van der Waals surface area contributed by atoms with Crippen molar-refractivity contribution in [2.24, 2.45) is 0 Å². The number of aromatic nitrogens is 2. The number of rotatable bonds is 8. The first-order valence-electron chi connectivity index (χ1n) is 10.2. The van der Waals surface area contributed by atoms with Crippen molar-refractivity contribution < 1.29 is 23.5 Å². The van der Waals surface area contributed by atoms with Crippen LogP contribution in [0.25, 0.3) is 22.8 Å². The Morgan fingerprint density at radius 2 is 1.55 bits per heavy atom. The van der Waals surface area contributed by atoms with E-state index in [1.807, 2.05) is 42.5 Å². The minimum atomic E-state index is -0.108. The fraction of sp³-hybridized carbons (Fsp3) is 0.160. The van der Waals surface area contributed by atoms with Gasteiger partial charge in [-0.3, -0.25) is 4.79 Å². The van der Waals surface area contributed by atoms with Crippen molar-refractivity contribution >= 4 is 11.6 Å². The first-order valence-corrected chi connectivity index (χ1v) is 10.2. The molecule has 0 saturated carbocycles. The van der Waals surface area contributed by atoms with Crippen LogP contribution in [-0.2, 0) is 11.2 Å². The summed E-state index contributed by atoms with van der Waals surface area (Å²) in [5.74, 6) is 2.64. The van der Waals surface area contributed by atoms with Crippen LogP contribution in [0.2, 0.25) is 0 Å². The van der Waals surface area contributed by atoms with Gasteiger partial charge >= 0.3 is 0 Å². The molecule has 0 aliphatic carbocycles. The highest BCUT2D eigenvalue weighted by molar-refractivity contribution is 5.92. The standard InChI is InChI=1S/C25H23N3O5/c1-30-20-11-4-16(5-12-20)14-23(29)26-19-9-6-17(7-10-19)24-27-25(33-28-24)18-8-13-21(31-2)22(15-18)32-3/h4-13,15H,14H2,1-3H3,(H,26,29). The number of anilines is 1. The molecule has 33 heavy (non-hydrogen) atoms. The van der Waals surface area contributed by atoms with E-state index in [4.69, 9.17) is 18.7 Å². The van der Waals surface area contributed by atoms with E-state index >= 15 is 0 Å². The Balaban J connectivity index is 1.42. The van der Waals surface area contributed by atoms with Gasteiger partial charge in [-0.2, -0.15) is 4.98 Å². The second-order valence-corrected chi connectivity index (χ2v) is 7.14. The molecule has 0 aliphatic rings. The summed E-state index contributed by atoms with van der Waals surface area (Å²) in [4.78, 5) is 16.8. The van der Waals surface area contributed by atoms with Gasteiger partial charge in [-0.05, 0) is 60.2 Å². The Morgan fingerprint density at radius 1 is 0.848 bits per heavy atom. The van der Waals surface area contributed by atoms with Crippen LogP contribution in [0.3, 0.4) is 0 Å². The Kier molecular flexibility index (Phi) is 6.54. The normalized spacial score (nSPS) is 10.5. The maximum Gasteiger partial charge on any atom is 0.258 e. The summed E-state index contributed by atoms with van der Waals surface area (Å²) in [5, 5.41) is 6.96. The van der Waals surface area contributed by atoms with Crippen molar-refractivity contribution in [2.45, 2.75) is 6.42 Å². The van der Waals surface area contributed by atoms with Gasteiger partial charge in [0.25, 0.3) is 5.89 Å². The number of amides is 1. The zero-order valence-corrected chi connectivity index (χ0v) is 18.5. The average molecular weight is 445 g/mol. The topological polar surface area (TPSA) is 95.7 Å². The molecule has 0 saturated heterocycles. The van der Waals surface area contributed by atoms with Crippen molar-refractivity contribution in [1.29, 1.82) is 0 Å². The van der Waals surface area contributed by atoms with Crippen LogP contribution >= 0.6 is 0 Å². The van der Waals surface area contributed by atoms with Crippen molar-refractivity contribution in [1.82, 2.24) is 10.1 Å². The van der Waals surface area contributed by atoms with E-state index in [1.54, 1.807) is 45.6 Å². The second kappa shape index (κ2) is 9.86. The molecule has 4 rings (SSSR count). The zero-order valence-electron chi connectivity index (χ0n) is 18.5. The third kappa shape index (κ3) is 5.12. The van der Waals surface area contributed by atoms with Crippen LogP contribution in [0.15, 0.2) is 71.3 Å². The van der Waals surface area contributed by atoms with Crippen LogP contribution in [0.1, 0.15) is 5.56 Å². The largest absolute Gasteiger partial charge is 0.497 e. The van der Waals surface area contributed by atoms with Gasteiger partial charge < -0.3 is 24.1 Å². The number of methoxy groups -OCH3 is 3. The summed E-state index contributed by atoms with van der Waals surface area (Å²) >= 11 is 0. The third-order valence-electron chi connectivity index (χ3n) is 5.01. The quantitative estimate of drug-likeness (QED) is 0.423. The molecule has 168 valence electrons. The van der Waals surface area contributed by atoms with E-state index in [1.165, 1.54) is 0 Å². The van der Waals surface area contributed by atoms with Gasteiger partial charge in [-0.1, -0.05) is 17.3 Å². The SMILES string of the molecule is COc1ccc(CC(=O)Nc2ccc(-c3noc(-c4ccc(OC)c(OC)c4)n3)cc2)cc1. The second-order valence-electron chi connectivity index (χ2n) is 7.14. The first kappa shape index (κ1) is 21.9. The highest BCUT2D eigenvalue weighted by Crippen LogP contribution is 2.32. The number of benzene rings is 3. The number of ether oxygens (including phenoxy) is 3. The van der Waals surface area contributed by atoms with Crippen LogP contribution in [-0.4, -0.2) is 37.4 Å². The molecule has 0 bridgehead atoms. The summed E-state index contributed by atoms with van der Waals surface area (Å²) in [7, 11) is 4.75. The van der Waals surface area contributed by atoms with Crippen LogP contribution < -0.4 is 19.5 Å². The van der Waals surface area contributed by atoms with E-state index in [0.717, 1.165) is 16.9 Å². The van der Waals surface area contributed by atoms with Crippen molar-refractivity contribution in [2.75, 3.05) is 26.6 Å². The number of hydrogen-bond acceptors (Lipinski definition) is 7. The molecule has 1 N–H and O–H groups in total. The average Bonchev–Trinajstić information content (AvgIpc) is 3.35. The zero-order chi connectivity index (χ0) is 23.2. The number of carbonyl (C=O) groups is 1. The summed E-state index contributed by atoms with van der Waals surface area (Å²) in [6, 6.07) is 20.0. The van der Waals surface area contributed by atoms with Gasteiger partial charge in [0.1, 0.15) is 5.75 Å². The van der Waals surface area contributed by atoms with E-state index < -0.39 is 0 Å². The van der Waals surface area contributed by atoms with Crippen LogP contribution in [0, 0.1) is 0 Å². The summed E-state index contributed by atoms with van der Waals surface area (Å²) in [6.07, 6.45) is 0.269. The molecule has 4 aromatic rings. The minimum absolute atomic E-state index is 0.108. The third-order valence-corrected chi connectivity index (χ3v) is 5.01. The van der Waals surface area contributed by atoms with Gasteiger partial charge in [-0.15, -0.1) is 0 Å². The lowest BCUT2D eigenvalue weighted by Crippen LogP contribution is -2.14. The molecule has 0 atom stereocenters. The summed E-state index contributed by atoms with van der Waals surface area (Å²) in [6.45, 7) is 0. The fourth-order valence-electron chi connectivity index (χ4n) is 3.26. The Morgan fingerprint density at radius 3 is 2.21 bits per heavy atom. The molecule has 1 aromatic heterocycles. The van der Waals surface area contributed by atoms with Gasteiger partial charge in [0, 0.05) is 16.8 Å². The molecule has 8 nitrogen and oxygen atoms in total. The van der Waals surface area contributed by atoms with E-state index in [9.17, 15) is 4.79 Å². The molecule has 8 heteroatoms. The number of carbonyl (C=O) groups excluding carboxylic acids is 1. The van der Waals surface area contributed by atoms with Crippen LogP contribution in [0.4, 0.5) is 5.69 Å². The molecule has 0 radical (unpaired) electrons. The summed E-state index contributed by atoms with van der Waals surface area (Å²) in [5.41, 5.74) is 3.06. The van der Waals surface area contributed by atoms with E-state index in [-0.39, 0.29) is 12.3 Å². The minimum Gasteiger partial charge on any atom is -0.497 e. The maximum absolute atomic E-state index is 12.3. The molecule has 0 unspecified atom stereocenters. The molecule has 1 amide bonds. The monoisotopic (exact) mass is 445 g/mol. The molecule has 0 spiro atoms. The molecule has 0 aliphatic heterocycles. The molecular formula is C25H23N3O5. The Bertz CT molecular complexity index is 1230. The summed E-state index contributed by atoms with van der Waals surface area (Å²) < 4.78 is 21.1. The van der Waals surface area contributed by atoms with E-state index in [2.05, 4.69) is 15.5 Å². The number of hydrogen-bond donors (Lipinski definition) is 1. The fourth-order valence-corrected chi connectivity index (χ4v) is 3.26. The predicted molar refractivity (Wildman–Crippen MR) is 124 cm³/mol. The number of nitrogens with zero attached hydrogens (tertiary/aromatic N) is 2. The lowest BCUT2D eigenvalue weighted by molar-refractivity contribution is -0.115. The molecule has 1 heterocycles. The predicted octanol–water partition coefficient (Wildman–Crippen LogP) is 4.61. The highest BCUT2D eigenvalue weighted by Gasteiger charge is 2.14. The van der Waals surface area contributed by atoms with Crippen molar-refractivity contribution in [3.63, 3.8) is 0 Å². The maximum atomic E-state index is 12.3. The van der Waals surface area contributed by atoms with Crippen LogP contribution in [0.5, 0.6) is 17.2 Å². The number of nitrogens with one attached hydrogen (secondary N) is 1. The van der Waals surface area contributed by atoms with Gasteiger partial charge in [0.15, 0.2) is 11.5 Å². The molecule has 3 aromatic carbocycles. The highest BCUT2D eigenvalue weighted by atomic mass is 16.5. The van der Waals surface area contributed by atoms with E-state index in [0.29, 0.717) is 34.5 Å². The lowest BCUT2D eigenvalue weighted by atomic mass is 10.1. The Hall–Kier alpha value is -4.33. The Labute approximate surface area is 191 Å². The van der Waals surface area contributed by atoms with Gasteiger partial charge in [0.05, 0.1) is 27.8 Å². The molecule has 0 fully saturated rings. The van der Waals surface area contributed by atoms with Gasteiger partial charge in [-0.25, -0.2) is 0 Å². The lowest BCUT2D eigenvalue weighted by Gasteiger charge is -2.07. The smallest absolute Gasteiger partial charge is 0.258 e. The van der Waals surface area contributed by atoms with Crippen molar-refractivity contribution in [3.8, 4) is 40.1 Å².